The minimum atomic E-state index is -0.473. The summed E-state index contributed by atoms with van der Waals surface area (Å²) in [5.74, 6) is -0.160. The van der Waals surface area contributed by atoms with Gasteiger partial charge in [0.2, 0.25) is 5.95 Å². The van der Waals surface area contributed by atoms with Crippen molar-refractivity contribution in [1.29, 1.82) is 0 Å². The Balaban J connectivity index is 2.17. The molecule has 0 amide bonds. The van der Waals surface area contributed by atoms with Crippen molar-refractivity contribution < 1.29 is 9.53 Å². The predicted molar refractivity (Wildman–Crippen MR) is 72.7 cm³/mol. The van der Waals surface area contributed by atoms with Gasteiger partial charge in [0.25, 0.3) is 0 Å². The first kappa shape index (κ1) is 13.3. The van der Waals surface area contributed by atoms with Crippen LogP contribution in [0, 0.1) is 0 Å². The number of nitrogens with one attached hydrogen (secondary N) is 1. The van der Waals surface area contributed by atoms with E-state index in [1.807, 2.05) is 6.07 Å². The summed E-state index contributed by atoms with van der Waals surface area (Å²) in [7, 11) is 0. The molecular weight excluding hydrogens is 266 g/mol. The lowest BCUT2D eigenvalue weighted by Crippen LogP contribution is -2.09. The Kier molecular flexibility index (Phi) is 4.30. The van der Waals surface area contributed by atoms with Gasteiger partial charge in [0, 0.05) is 16.9 Å². The van der Waals surface area contributed by atoms with Crippen LogP contribution in [0.15, 0.2) is 36.5 Å². The zero-order chi connectivity index (χ0) is 13.7. The number of carbonyl (C=O) groups excluding carboxylic acids is 1. The Morgan fingerprint density at radius 1 is 1.42 bits per heavy atom. The van der Waals surface area contributed by atoms with Gasteiger partial charge in [-0.15, -0.1) is 0 Å². The van der Waals surface area contributed by atoms with E-state index in [1.165, 1.54) is 12.3 Å². The number of hydrogen-bond acceptors (Lipinski definition) is 5. The first-order valence-corrected chi connectivity index (χ1v) is 6.09. The van der Waals surface area contributed by atoms with Crippen LogP contribution in [-0.2, 0) is 4.74 Å². The molecule has 19 heavy (non-hydrogen) atoms. The maximum atomic E-state index is 11.5. The van der Waals surface area contributed by atoms with Gasteiger partial charge in [-0.2, -0.15) is 0 Å². The zero-order valence-corrected chi connectivity index (χ0v) is 11.0. The molecule has 5 nitrogen and oxygen atoms in total. The van der Waals surface area contributed by atoms with E-state index in [4.69, 9.17) is 16.3 Å². The molecule has 0 fully saturated rings. The van der Waals surface area contributed by atoms with Crippen molar-refractivity contribution in [3.63, 3.8) is 0 Å². The number of esters is 1. The monoisotopic (exact) mass is 277 g/mol. The largest absolute Gasteiger partial charge is 0.461 e. The van der Waals surface area contributed by atoms with Crippen LogP contribution in [0.5, 0.6) is 0 Å². The van der Waals surface area contributed by atoms with E-state index in [0.29, 0.717) is 17.6 Å². The number of anilines is 2. The topological polar surface area (TPSA) is 64.1 Å². The first-order chi connectivity index (χ1) is 9.19. The van der Waals surface area contributed by atoms with E-state index in [0.717, 1.165) is 5.69 Å². The molecule has 1 N–H and O–H groups in total. The minimum absolute atomic E-state index is 0.210. The molecule has 2 rings (SSSR count). The molecule has 2 aromatic rings. The molecule has 0 unspecified atom stereocenters. The van der Waals surface area contributed by atoms with Crippen LogP contribution in [-0.4, -0.2) is 22.5 Å². The van der Waals surface area contributed by atoms with Gasteiger partial charge < -0.3 is 10.1 Å². The Morgan fingerprint density at radius 2 is 2.26 bits per heavy atom. The van der Waals surface area contributed by atoms with E-state index in [9.17, 15) is 4.79 Å². The number of rotatable bonds is 4. The van der Waals surface area contributed by atoms with Gasteiger partial charge >= 0.3 is 5.97 Å². The third kappa shape index (κ3) is 3.66. The third-order valence-corrected chi connectivity index (χ3v) is 2.46. The summed E-state index contributed by atoms with van der Waals surface area (Å²) >= 11 is 5.88. The second-order valence-corrected chi connectivity index (χ2v) is 4.06. The van der Waals surface area contributed by atoms with Crippen molar-refractivity contribution in [2.45, 2.75) is 6.92 Å². The van der Waals surface area contributed by atoms with Crippen molar-refractivity contribution in [1.82, 2.24) is 9.97 Å². The Morgan fingerprint density at radius 3 is 3.00 bits per heavy atom. The Labute approximate surface area is 115 Å². The number of aromatic nitrogens is 2. The molecule has 0 aliphatic rings. The Hall–Kier alpha value is -2.14. The molecule has 1 aromatic carbocycles. The van der Waals surface area contributed by atoms with E-state index < -0.39 is 5.97 Å². The van der Waals surface area contributed by atoms with Crippen LogP contribution < -0.4 is 5.32 Å². The van der Waals surface area contributed by atoms with Crippen molar-refractivity contribution >= 4 is 29.2 Å². The molecular formula is C13H12ClN3O2. The zero-order valence-electron chi connectivity index (χ0n) is 10.3. The van der Waals surface area contributed by atoms with Crippen molar-refractivity contribution in [3.8, 4) is 0 Å². The number of halogens is 1. The van der Waals surface area contributed by atoms with E-state index in [2.05, 4.69) is 15.3 Å². The average Bonchev–Trinajstić information content (AvgIpc) is 2.39. The number of benzene rings is 1. The molecule has 0 aliphatic heterocycles. The van der Waals surface area contributed by atoms with Gasteiger partial charge in [0.05, 0.1) is 6.61 Å². The predicted octanol–water partition coefficient (Wildman–Crippen LogP) is 3.05. The summed E-state index contributed by atoms with van der Waals surface area (Å²) in [5.41, 5.74) is 0.954. The quantitative estimate of drug-likeness (QED) is 0.870. The second-order valence-electron chi connectivity index (χ2n) is 3.62. The second kappa shape index (κ2) is 6.15. The van der Waals surface area contributed by atoms with Gasteiger partial charge in [-0.25, -0.2) is 14.8 Å². The molecule has 1 aromatic heterocycles. The summed E-state index contributed by atoms with van der Waals surface area (Å²) in [4.78, 5) is 19.7. The molecule has 0 saturated heterocycles. The molecule has 0 atom stereocenters. The standard InChI is InChI=1S/C13H12ClN3O2/c1-2-19-12(18)11-6-7-15-13(17-11)16-10-5-3-4-9(14)8-10/h3-8H,2H2,1H3,(H,15,16,17). The number of carbonyl (C=O) groups is 1. The molecule has 0 spiro atoms. The van der Waals surface area contributed by atoms with Crippen LogP contribution in [0.4, 0.5) is 11.6 Å². The highest BCUT2D eigenvalue weighted by molar-refractivity contribution is 6.30. The molecule has 0 saturated carbocycles. The highest BCUT2D eigenvalue weighted by atomic mass is 35.5. The van der Waals surface area contributed by atoms with E-state index in [-0.39, 0.29) is 5.69 Å². The fourth-order valence-corrected chi connectivity index (χ4v) is 1.62. The van der Waals surface area contributed by atoms with Gasteiger partial charge in [-0.1, -0.05) is 17.7 Å². The van der Waals surface area contributed by atoms with Crippen molar-refractivity contribution in [3.05, 3.63) is 47.2 Å². The lowest BCUT2D eigenvalue weighted by molar-refractivity contribution is 0.0519. The van der Waals surface area contributed by atoms with E-state index in [1.54, 1.807) is 25.1 Å². The first-order valence-electron chi connectivity index (χ1n) is 5.72. The van der Waals surface area contributed by atoms with Gasteiger partial charge in [-0.3, -0.25) is 0 Å². The van der Waals surface area contributed by atoms with Crippen molar-refractivity contribution in [2.75, 3.05) is 11.9 Å². The maximum absolute atomic E-state index is 11.5. The number of ether oxygens (including phenoxy) is 1. The van der Waals surface area contributed by atoms with Crippen LogP contribution >= 0.6 is 11.6 Å². The average molecular weight is 278 g/mol. The highest BCUT2D eigenvalue weighted by Gasteiger charge is 2.09. The highest BCUT2D eigenvalue weighted by Crippen LogP contribution is 2.17. The number of hydrogen-bond donors (Lipinski definition) is 1. The van der Waals surface area contributed by atoms with Gasteiger partial charge in [0.15, 0.2) is 5.69 Å². The van der Waals surface area contributed by atoms with Crippen LogP contribution in [0.25, 0.3) is 0 Å². The fraction of sp³-hybridized carbons (Fsp3) is 0.154. The summed E-state index contributed by atoms with van der Waals surface area (Å²) in [6.45, 7) is 2.05. The lowest BCUT2D eigenvalue weighted by Gasteiger charge is -2.06. The lowest BCUT2D eigenvalue weighted by atomic mass is 10.3. The molecule has 1 heterocycles. The van der Waals surface area contributed by atoms with Gasteiger partial charge in [0.1, 0.15) is 0 Å². The SMILES string of the molecule is CCOC(=O)c1ccnc(Nc2cccc(Cl)c2)n1. The molecule has 0 aliphatic carbocycles. The smallest absolute Gasteiger partial charge is 0.357 e. The van der Waals surface area contributed by atoms with E-state index >= 15 is 0 Å². The normalized spacial score (nSPS) is 10.0. The van der Waals surface area contributed by atoms with Crippen LogP contribution in [0.3, 0.4) is 0 Å². The third-order valence-electron chi connectivity index (χ3n) is 2.22. The summed E-state index contributed by atoms with van der Waals surface area (Å²) in [6, 6.07) is 8.64. The minimum Gasteiger partial charge on any atom is -0.461 e. The fourth-order valence-electron chi connectivity index (χ4n) is 1.43. The summed E-state index contributed by atoms with van der Waals surface area (Å²) < 4.78 is 4.87. The summed E-state index contributed by atoms with van der Waals surface area (Å²) in [6.07, 6.45) is 1.49. The van der Waals surface area contributed by atoms with Crippen LogP contribution in [0.2, 0.25) is 5.02 Å². The van der Waals surface area contributed by atoms with Crippen LogP contribution in [0.1, 0.15) is 17.4 Å². The molecule has 0 bridgehead atoms. The maximum Gasteiger partial charge on any atom is 0.357 e. The molecule has 6 heteroatoms. The number of nitrogens with zero attached hydrogens (tertiary/aromatic N) is 2. The summed E-state index contributed by atoms with van der Waals surface area (Å²) in [5, 5.41) is 3.57. The Bertz CT molecular complexity index is 590. The van der Waals surface area contributed by atoms with Gasteiger partial charge in [-0.05, 0) is 31.2 Å². The molecule has 0 radical (unpaired) electrons. The van der Waals surface area contributed by atoms with Crippen molar-refractivity contribution in [2.24, 2.45) is 0 Å². The molecule has 98 valence electrons.